The van der Waals surface area contributed by atoms with Crippen molar-refractivity contribution >= 4 is 17.7 Å². The van der Waals surface area contributed by atoms with Crippen LogP contribution in [0.25, 0.3) is 0 Å². The van der Waals surface area contributed by atoms with Crippen LogP contribution < -0.4 is 5.32 Å². The molecule has 0 aromatic heterocycles. The second-order valence-corrected chi connectivity index (χ2v) is 6.02. The van der Waals surface area contributed by atoms with E-state index in [-0.39, 0.29) is 11.4 Å². The Bertz CT molecular complexity index is 954. The summed E-state index contributed by atoms with van der Waals surface area (Å²) in [7, 11) is 0. The molecule has 0 saturated carbocycles. The van der Waals surface area contributed by atoms with Gasteiger partial charge in [0.1, 0.15) is 5.82 Å². The molecule has 1 heterocycles. The molecule has 0 radical (unpaired) electrons. The van der Waals surface area contributed by atoms with E-state index in [0.29, 0.717) is 5.56 Å². The third-order valence-corrected chi connectivity index (χ3v) is 4.05. The van der Waals surface area contributed by atoms with Crippen molar-refractivity contribution in [2.75, 3.05) is 0 Å². The Labute approximate surface area is 154 Å². The first-order chi connectivity index (χ1) is 12.8. The molecule has 1 atom stereocenters. The molecule has 0 bridgehead atoms. The standard InChI is InChI=1S/C20H16FNO5/c1-12(23)26-16-17(24)20(2,14-10-6-7-11-15(14)21)27-19(16)22-18(25)13-8-4-3-5-9-13/h3-11H,1-2H3,(H,22,25). The third kappa shape index (κ3) is 3.44. The van der Waals surface area contributed by atoms with E-state index in [2.05, 4.69) is 5.32 Å². The summed E-state index contributed by atoms with van der Waals surface area (Å²) in [6, 6.07) is 13.8. The van der Waals surface area contributed by atoms with E-state index < -0.39 is 34.8 Å². The largest absolute Gasteiger partial charge is 0.456 e. The van der Waals surface area contributed by atoms with E-state index in [4.69, 9.17) is 9.47 Å². The summed E-state index contributed by atoms with van der Waals surface area (Å²) in [5, 5.41) is 2.42. The summed E-state index contributed by atoms with van der Waals surface area (Å²) < 4.78 is 24.8. The molecule has 1 N–H and O–H groups in total. The number of amides is 1. The molecule has 2 aromatic carbocycles. The number of benzene rings is 2. The van der Waals surface area contributed by atoms with Crippen LogP contribution in [-0.2, 0) is 24.7 Å². The van der Waals surface area contributed by atoms with Crippen molar-refractivity contribution < 1.29 is 28.2 Å². The molecule has 1 aliphatic heterocycles. The smallest absolute Gasteiger partial charge is 0.308 e. The molecule has 1 amide bonds. The first-order valence-electron chi connectivity index (χ1n) is 8.11. The number of hydrogen-bond acceptors (Lipinski definition) is 5. The van der Waals surface area contributed by atoms with Crippen molar-refractivity contribution in [3.05, 3.63) is 83.2 Å². The van der Waals surface area contributed by atoms with Crippen molar-refractivity contribution in [2.24, 2.45) is 0 Å². The number of nitrogens with one attached hydrogen (secondary N) is 1. The molecule has 0 aliphatic carbocycles. The minimum absolute atomic E-state index is 0.0383. The van der Waals surface area contributed by atoms with Crippen LogP contribution >= 0.6 is 0 Å². The van der Waals surface area contributed by atoms with E-state index in [0.717, 1.165) is 6.92 Å². The molecule has 7 heteroatoms. The van der Waals surface area contributed by atoms with Crippen molar-refractivity contribution in [1.29, 1.82) is 0 Å². The molecular formula is C20H16FNO5. The first kappa shape index (κ1) is 18.3. The molecule has 0 fully saturated rings. The Morgan fingerprint density at radius 1 is 1.07 bits per heavy atom. The molecule has 27 heavy (non-hydrogen) atoms. The minimum Gasteiger partial charge on any atom is -0.456 e. The summed E-state index contributed by atoms with van der Waals surface area (Å²) in [6.07, 6.45) is 0. The Morgan fingerprint density at radius 2 is 1.70 bits per heavy atom. The van der Waals surface area contributed by atoms with E-state index >= 15 is 0 Å². The zero-order valence-corrected chi connectivity index (χ0v) is 14.6. The first-order valence-corrected chi connectivity index (χ1v) is 8.11. The van der Waals surface area contributed by atoms with Gasteiger partial charge in [0, 0.05) is 18.1 Å². The number of halogens is 1. The van der Waals surface area contributed by atoms with Crippen LogP contribution in [0.4, 0.5) is 4.39 Å². The quantitative estimate of drug-likeness (QED) is 0.838. The van der Waals surface area contributed by atoms with Gasteiger partial charge in [0.05, 0.1) is 0 Å². The normalized spacial score (nSPS) is 18.9. The Morgan fingerprint density at radius 3 is 2.33 bits per heavy atom. The van der Waals surface area contributed by atoms with Gasteiger partial charge >= 0.3 is 5.97 Å². The van der Waals surface area contributed by atoms with Gasteiger partial charge in [0.25, 0.3) is 11.7 Å². The lowest BCUT2D eigenvalue weighted by Gasteiger charge is -2.24. The highest BCUT2D eigenvalue weighted by Gasteiger charge is 2.51. The fourth-order valence-electron chi connectivity index (χ4n) is 2.73. The van der Waals surface area contributed by atoms with Crippen LogP contribution in [0.15, 0.2) is 66.2 Å². The molecule has 1 aliphatic rings. The van der Waals surface area contributed by atoms with Gasteiger partial charge in [-0.15, -0.1) is 0 Å². The summed E-state index contributed by atoms with van der Waals surface area (Å²) in [5.41, 5.74) is -1.51. The lowest BCUT2D eigenvalue weighted by Crippen LogP contribution is -2.33. The maximum Gasteiger partial charge on any atom is 0.308 e. The zero-order chi connectivity index (χ0) is 19.6. The topological polar surface area (TPSA) is 81.7 Å². The SMILES string of the molecule is CC(=O)OC1=C(NC(=O)c2ccccc2)OC(C)(c2ccccc2F)C1=O. The molecule has 138 valence electrons. The molecule has 0 saturated heterocycles. The predicted molar refractivity (Wildman–Crippen MR) is 92.5 cm³/mol. The fraction of sp³-hybridized carbons (Fsp3) is 0.150. The monoisotopic (exact) mass is 369 g/mol. The average molecular weight is 369 g/mol. The van der Waals surface area contributed by atoms with Gasteiger partial charge in [0.15, 0.2) is 0 Å². The van der Waals surface area contributed by atoms with Gasteiger partial charge in [-0.05, 0) is 25.1 Å². The second-order valence-electron chi connectivity index (χ2n) is 6.02. The Balaban J connectivity index is 1.98. The number of hydrogen-bond donors (Lipinski definition) is 1. The Kier molecular flexibility index (Phi) is 4.77. The zero-order valence-electron chi connectivity index (χ0n) is 14.6. The van der Waals surface area contributed by atoms with E-state index in [1.54, 1.807) is 36.4 Å². The van der Waals surface area contributed by atoms with Crippen LogP contribution in [0.1, 0.15) is 29.8 Å². The molecule has 0 spiro atoms. The van der Waals surface area contributed by atoms with E-state index in [1.807, 2.05) is 0 Å². The molecular weight excluding hydrogens is 353 g/mol. The predicted octanol–water partition coefficient (Wildman–Crippen LogP) is 2.80. The number of carbonyl (C=O) groups is 3. The summed E-state index contributed by atoms with van der Waals surface area (Å²) in [4.78, 5) is 36.7. The highest BCUT2D eigenvalue weighted by Crippen LogP contribution is 2.39. The second kappa shape index (κ2) is 7.03. The number of esters is 1. The van der Waals surface area contributed by atoms with Crippen LogP contribution in [0, 0.1) is 5.82 Å². The van der Waals surface area contributed by atoms with Gasteiger partial charge in [0.2, 0.25) is 17.2 Å². The number of ketones is 1. The van der Waals surface area contributed by atoms with Crippen molar-refractivity contribution in [3.8, 4) is 0 Å². The molecule has 1 unspecified atom stereocenters. The van der Waals surface area contributed by atoms with Gasteiger partial charge in [-0.1, -0.05) is 36.4 Å². The fourth-order valence-corrected chi connectivity index (χ4v) is 2.73. The van der Waals surface area contributed by atoms with Crippen LogP contribution in [0.5, 0.6) is 0 Å². The number of Topliss-reactive ketones (excluding diaryl/α,β-unsaturated/α-hetero) is 1. The average Bonchev–Trinajstić information content (AvgIpc) is 2.87. The number of carbonyl (C=O) groups excluding carboxylic acids is 3. The number of rotatable bonds is 4. The summed E-state index contributed by atoms with van der Waals surface area (Å²) >= 11 is 0. The van der Waals surface area contributed by atoms with Gasteiger partial charge < -0.3 is 9.47 Å². The maximum absolute atomic E-state index is 14.3. The number of ether oxygens (including phenoxy) is 2. The van der Waals surface area contributed by atoms with Crippen molar-refractivity contribution in [3.63, 3.8) is 0 Å². The van der Waals surface area contributed by atoms with Gasteiger partial charge in [-0.2, -0.15) is 0 Å². The van der Waals surface area contributed by atoms with E-state index in [1.165, 1.54) is 25.1 Å². The highest BCUT2D eigenvalue weighted by molar-refractivity contribution is 6.05. The lowest BCUT2D eigenvalue weighted by atomic mass is 9.91. The summed E-state index contributed by atoms with van der Waals surface area (Å²) in [6.45, 7) is 2.45. The van der Waals surface area contributed by atoms with Gasteiger partial charge in [-0.25, -0.2) is 4.39 Å². The van der Waals surface area contributed by atoms with E-state index in [9.17, 15) is 18.8 Å². The van der Waals surface area contributed by atoms with Crippen molar-refractivity contribution in [1.82, 2.24) is 5.32 Å². The molecule has 3 rings (SSSR count). The summed E-state index contributed by atoms with van der Waals surface area (Å²) in [5.74, 6) is -3.59. The minimum atomic E-state index is -1.78. The van der Waals surface area contributed by atoms with Crippen LogP contribution in [0.2, 0.25) is 0 Å². The van der Waals surface area contributed by atoms with Crippen LogP contribution in [0.3, 0.4) is 0 Å². The van der Waals surface area contributed by atoms with Gasteiger partial charge in [-0.3, -0.25) is 19.7 Å². The maximum atomic E-state index is 14.3. The van der Waals surface area contributed by atoms with Crippen LogP contribution in [-0.4, -0.2) is 17.7 Å². The van der Waals surface area contributed by atoms with Crippen molar-refractivity contribution in [2.45, 2.75) is 19.4 Å². The third-order valence-electron chi connectivity index (χ3n) is 4.05. The lowest BCUT2D eigenvalue weighted by molar-refractivity contribution is -0.142. The molecule has 2 aromatic rings. The highest BCUT2D eigenvalue weighted by atomic mass is 19.1. The molecule has 6 nitrogen and oxygen atoms in total. The Hall–Kier alpha value is -3.48.